The SMILES string of the molecule is COc1ccc(Br)c(C(=O)Nc2cccc(-n3nnnc3C)c2)c1. The maximum absolute atomic E-state index is 12.5. The van der Waals surface area contributed by atoms with Gasteiger partial charge >= 0.3 is 0 Å². The fourth-order valence-corrected chi connectivity index (χ4v) is 2.62. The summed E-state index contributed by atoms with van der Waals surface area (Å²) in [5.74, 6) is 1.03. The van der Waals surface area contributed by atoms with Crippen LogP contribution in [-0.2, 0) is 0 Å². The first-order valence-corrected chi connectivity index (χ1v) is 7.88. The van der Waals surface area contributed by atoms with Gasteiger partial charge in [-0.05, 0) is 69.7 Å². The predicted molar refractivity (Wildman–Crippen MR) is 92.5 cm³/mol. The minimum Gasteiger partial charge on any atom is -0.497 e. The van der Waals surface area contributed by atoms with Crippen LogP contribution in [0.25, 0.3) is 5.69 Å². The smallest absolute Gasteiger partial charge is 0.256 e. The molecule has 0 bridgehead atoms. The van der Waals surface area contributed by atoms with Crippen LogP contribution in [-0.4, -0.2) is 33.2 Å². The van der Waals surface area contributed by atoms with Crippen molar-refractivity contribution in [1.29, 1.82) is 0 Å². The molecule has 0 saturated carbocycles. The van der Waals surface area contributed by atoms with Gasteiger partial charge in [0.05, 0.1) is 18.4 Å². The molecule has 24 heavy (non-hydrogen) atoms. The Morgan fingerprint density at radius 1 is 1.25 bits per heavy atom. The highest BCUT2D eigenvalue weighted by molar-refractivity contribution is 9.10. The number of hydrogen-bond acceptors (Lipinski definition) is 5. The molecule has 0 atom stereocenters. The summed E-state index contributed by atoms with van der Waals surface area (Å²) in [6.07, 6.45) is 0. The fourth-order valence-electron chi connectivity index (χ4n) is 2.19. The number of carbonyl (C=O) groups is 1. The second-order valence-electron chi connectivity index (χ2n) is 4.99. The van der Waals surface area contributed by atoms with Crippen molar-refractivity contribution in [2.24, 2.45) is 0 Å². The van der Waals surface area contributed by atoms with Gasteiger partial charge < -0.3 is 10.1 Å². The number of nitrogens with zero attached hydrogens (tertiary/aromatic N) is 4. The van der Waals surface area contributed by atoms with E-state index in [1.165, 1.54) is 0 Å². The van der Waals surface area contributed by atoms with Crippen molar-refractivity contribution < 1.29 is 9.53 Å². The van der Waals surface area contributed by atoms with Crippen LogP contribution >= 0.6 is 15.9 Å². The van der Waals surface area contributed by atoms with Crippen LogP contribution in [0.1, 0.15) is 16.2 Å². The first-order chi connectivity index (χ1) is 11.6. The lowest BCUT2D eigenvalue weighted by molar-refractivity contribution is 0.102. The number of benzene rings is 2. The van der Waals surface area contributed by atoms with Crippen molar-refractivity contribution in [3.8, 4) is 11.4 Å². The Bertz CT molecular complexity index is 894. The first-order valence-electron chi connectivity index (χ1n) is 7.09. The van der Waals surface area contributed by atoms with Crippen LogP contribution in [0.3, 0.4) is 0 Å². The Morgan fingerprint density at radius 3 is 2.79 bits per heavy atom. The van der Waals surface area contributed by atoms with Crippen molar-refractivity contribution in [2.45, 2.75) is 6.92 Å². The summed E-state index contributed by atoms with van der Waals surface area (Å²) in [6.45, 7) is 1.80. The molecular weight excluding hydrogens is 374 g/mol. The number of halogens is 1. The van der Waals surface area contributed by atoms with Gasteiger partial charge in [0.15, 0.2) is 5.82 Å². The van der Waals surface area contributed by atoms with Crippen molar-refractivity contribution in [1.82, 2.24) is 20.2 Å². The van der Waals surface area contributed by atoms with Crippen molar-refractivity contribution in [3.05, 3.63) is 58.3 Å². The molecule has 0 unspecified atom stereocenters. The van der Waals surface area contributed by atoms with Gasteiger partial charge in [0.1, 0.15) is 5.75 Å². The standard InChI is InChI=1S/C16H14BrN5O2/c1-10-19-20-21-22(10)12-5-3-4-11(8-12)18-16(23)14-9-13(24-2)6-7-15(14)17/h3-9H,1-2H3,(H,18,23). The highest BCUT2D eigenvalue weighted by atomic mass is 79.9. The average Bonchev–Trinajstić information content (AvgIpc) is 3.01. The zero-order valence-corrected chi connectivity index (χ0v) is 14.6. The number of hydrogen-bond donors (Lipinski definition) is 1. The van der Waals surface area contributed by atoms with Gasteiger partial charge in [-0.25, -0.2) is 0 Å². The topological polar surface area (TPSA) is 81.9 Å². The zero-order chi connectivity index (χ0) is 17.1. The molecule has 1 aromatic heterocycles. The van der Waals surface area contributed by atoms with Crippen molar-refractivity contribution in [2.75, 3.05) is 12.4 Å². The second kappa shape index (κ2) is 6.79. The van der Waals surface area contributed by atoms with Crippen molar-refractivity contribution >= 4 is 27.5 Å². The lowest BCUT2D eigenvalue weighted by atomic mass is 10.2. The van der Waals surface area contributed by atoms with Gasteiger partial charge in [0.25, 0.3) is 5.91 Å². The van der Waals surface area contributed by atoms with Crippen LogP contribution in [0.2, 0.25) is 0 Å². The third-order valence-corrected chi connectivity index (χ3v) is 4.08. The molecule has 1 heterocycles. The fraction of sp³-hybridized carbons (Fsp3) is 0.125. The number of ether oxygens (including phenoxy) is 1. The molecule has 0 spiro atoms. The third kappa shape index (κ3) is 3.28. The van der Waals surface area contributed by atoms with E-state index in [2.05, 4.69) is 36.8 Å². The van der Waals surface area contributed by atoms with E-state index in [0.29, 0.717) is 27.3 Å². The summed E-state index contributed by atoms with van der Waals surface area (Å²) in [5, 5.41) is 14.3. The Balaban J connectivity index is 1.86. The zero-order valence-electron chi connectivity index (χ0n) is 13.0. The molecule has 1 N–H and O–H groups in total. The van der Waals surface area contributed by atoms with E-state index in [0.717, 1.165) is 5.69 Å². The van der Waals surface area contributed by atoms with Gasteiger partial charge in [-0.3, -0.25) is 4.79 Å². The maximum atomic E-state index is 12.5. The minimum absolute atomic E-state index is 0.244. The number of anilines is 1. The predicted octanol–water partition coefficient (Wildman–Crippen LogP) is 2.99. The van der Waals surface area contributed by atoms with Gasteiger partial charge in [-0.1, -0.05) is 6.07 Å². The summed E-state index contributed by atoms with van der Waals surface area (Å²) >= 11 is 3.38. The van der Waals surface area contributed by atoms with E-state index in [-0.39, 0.29) is 5.91 Å². The highest BCUT2D eigenvalue weighted by Crippen LogP contribution is 2.24. The summed E-state index contributed by atoms with van der Waals surface area (Å²) in [6, 6.07) is 12.5. The summed E-state index contributed by atoms with van der Waals surface area (Å²) in [7, 11) is 1.56. The molecule has 122 valence electrons. The molecule has 1 amide bonds. The number of methoxy groups -OCH3 is 1. The van der Waals surface area contributed by atoms with E-state index in [9.17, 15) is 4.79 Å². The number of aryl methyl sites for hydroxylation is 1. The normalized spacial score (nSPS) is 10.5. The van der Waals surface area contributed by atoms with Crippen LogP contribution < -0.4 is 10.1 Å². The number of rotatable bonds is 4. The summed E-state index contributed by atoms with van der Waals surface area (Å²) in [4.78, 5) is 12.5. The first kappa shape index (κ1) is 16.1. The van der Waals surface area contributed by atoms with Crippen LogP contribution in [0.4, 0.5) is 5.69 Å². The molecule has 3 aromatic rings. The lowest BCUT2D eigenvalue weighted by Crippen LogP contribution is -2.13. The molecule has 7 nitrogen and oxygen atoms in total. The van der Waals surface area contributed by atoms with Gasteiger partial charge in [-0.2, -0.15) is 4.68 Å². The highest BCUT2D eigenvalue weighted by Gasteiger charge is 2.12. The van der Waals surface area contributed by atoms with E-state index < -0.39 is 0 Å². The van der Waals surface area contributed by atoms with E-state index in [1.807, 2.05) is 12.1 Å². The van der Waals surface area contributed by atoms with Gasteiger partial charge in [0, 0.05) is 10.2 Å². The molecule has 2 aromatic carbocycles. The lowest BCUT2D eigenvalue weighted by Gasteiger charge is -2.10. The summed E-state index contributed by atoms with van der Waals surface area (Å²) < 4.78 is 7.45. The molecule has 3 rings (SSSR count). The Morgan fingerprint density at radius 2 is 2.08 bits per heavy atom. The molecule has 0 aliphatic heterocycles. The molecule has 0 radical (unpaired) electrons. The van der Waals surface area contributed by atoms with Crippen LogP contribution in [0.15, 0.2) is 46.9 Å². The second-order valence-corrected chi connectivity index (χ2v) is 5.84. The van der Waals surface area contributed by atoms with E-state index >= 15 is 0 Å². The van der Waals surface area contributed by atoms with E-state index in [1.54, 1.807) is 49.0 Å². The number of carbonyl (C=O) groups excluding carboxylic acids is 1. The third-order valence-electron chi connectivity index (χ3n) is 3.39. The number of tetrazole rings is 1. The molecule has 8 heteroatoms. The molecule has 0 aliphatic carbocycles. The largest absolute Gasteiger partial charge is 0.497 e. The Kier molecular flexibility index (Phi) is 4.57. The molecule has 0 fully saturated rings. The Labute approximate surface area is 146 Å². The van der Waals surface area contributed by atoms with Crippen molar-refractivity contribution in [3.63, 3.8) is 0 Å². The summed E-state index contributed by atoms with van der Waals surface area (Å²) in [5.41, 5.74) is 1.89. The average molecular weight is 388 g/mol. The molecular formula is C16H14BrN5O2. The number of aromatic nitrogens is 4. The van der Waals surface area contributed by atoms with Gasteiger partial charge in [0.2, 0.25) is 0 Å². The molecule has 0 saturated heterocycles. The monoisotopic (exact) mass is 387 g/mol. The number of amides is 1. The molecule has 0 aliphatic rings. The van der Waals surface area contributed by atoms with Gasteiger partial charge in [-0.15, -0.1) is 5.10 Å². The van der Waals surface area contributed by atoms with E-state index in [4.69, 9.17) is 4.74 Å². The number of nitrogens with one attached hydrogen (secondary N) is 1. The minimum atomic E-state index is -0.244. The Hall–Kier alpha value is -2.74. The van der Waals surface area contributed by atoms with Crippen LogP contribution in [0.5, 0.6) is 5.75 Å². The van der Waals surface area contributed by atoms with Crippen LogP contribution in [0, 0.1) is 6.92 Å². The quantitative estimate of drug-likeness (QED) is 0.743. The maximum Gasteiger partial charge on any atom is 0.256 e.